The average Bonchev–Trinajstić information content (AvgIpc) is 2.06. The van der Waals surface area contributed by atoms with Crippen LogP contribution in [0.1, 0.15) is 13.3 Å². The molecule has 0 aliphatic carbocycles. The van der Waals surface area contributed by atoms with Gasteiger partial charge < -0.3 is 5.73 Å². The maximum absolute atomic E-state index is 10.8. The monoisotopic (exact) mass is 221 g/mol. The molecule has 6 nitrogen and oxygen atoms in total. The molecule has 0 fully saturated rings. The Hall–Kier alpha value is 1.03. The number of hydroxylamine groups is 2. The first-order valence-corrected chi connectivity index (χ1v) is 5.07. The Balaban J connectivity index is 0. The Morgan fingerprint density at radius 3 is 2.31 bits per heavy atom. The van der Waals surface area contributed by atoms with Crippen LogP contribution in [0.4, 0.5) is 0 Å². The standard InChI is InChI=1S/C5H16N3O3P.Na.H/c1-2-4-7-10-12(9)11-8-5-3-6;;/h7-8,12H,2-6H2,1H3;;. The summed E-state index contributed by atoms with van der Waals surface area (Å²) in [4.78, 5) is 0. The molecule has 0 radical (unpaired) electrons. The summed E-state index contributed by atoms with van der Waals surface area (Å²) in [5, 5.41) is 0. The fraction of sp³-hybridized carbons (Fsp3) is 1.00. The van der Waals surface area contributed by atoms with E-state index >= 15 is 0 Å². The van der Waals surface area contributed by atoms with Crippen molar-refractivity contribution >= 4 is 37.8 Å². The van der Waals surface area contributed by atoms with Crippen LogP contribution in [0.3, 0.4) is 0 Å². The first kappa shape index (κ1) is 16.5. The molecule has 8 heteroatoms. The third-order valence-corrected chi connectivity index (χ3v) is 1.53. The second kappa shape index (κ2) is 13.0. The third kappa shape index (κ3) is 13.0. The molecule has 13 heavy (non-hydrogen) atoms. The fourth-order valence-electron chi connectivity index (χ4n) is 0.402. The minimum absolute atomic E-state index is 0. The van der Waals surface area contributed by atoms with Crippen LogP contribution in [0.2, 0.25) is 0 Å². The summed E-state index contributed by atoms with van der Waals surface area (Å²) in [6.07, 6.45) is 0.908. The number of nitrogens with one attached hydrogen (secondary N) is 2. The molecule has 1 unspecified atom stereocenters. The van der Waals surface area contributed by atoms with Gasteiger partial charge in [0.2, 0.25) is 0 Å². The molecule has 4 N–H and O–H groups in total. The molecule has 0 aromatic rings. The van der Waals surface area contributed by atoms with Gasteiger partial charge in [-0.1, -0.05) is 6.92 Å². The Labute approximate surface area is 101 Å². The van der Waals surface area contributed by atoms with Gasteiger partial charge in [0, 0.05) is 19.6 Å². The van der Waals surface area contributed by atoms with Crippen LogP contribution in [0.25, 0.3) is 0 Å². The van der Waals surface area contributed by atoms with Crippen molar-refractivity contribution in [2.75, 3.05) is 19.6 Å². The van der Waals surface area contributed by atoms with E-state index < -0.39 is 8.25 Å². The quantitative estimate of drug-likeness (QED) is 0.214. The average molecular weight is 221 g/mol. The summed E-state index contributed by atoms with van der Waals surface area (Å²) in [6.45, 7) is 3.50. The zero-order valence-electron chi connectivity index (χ0n) is 7.13. The van der Waals surface area contributed by atoms with Gasteiger partial charge in [0.15, 0.2) is 0 Å². The Morgan fingerprint density at radius 2 is 1.85 bits per heavy atom. The van der Waals surface area contributed by atoms with Crippen LogP contribution in [-0.2, 0) is 13.8 Å². The van der Waals surface area contributed by atoms with E-state index in [1.807, 2.05) is 6.92 Å². The summed E-state index contributed by atoms with van der Waals surface area (Å²) >= 11 is 0. The van der Waals surface area contributed by atoms with Crippen LogP contribution in [0.15, 0.2) is 0 Å². The third-order valence-electron chi connectivity index (χ3n) is 0.909. The van der Waals surface area contributed by atoms with Crippen LogP contribution in [-0.4, -0.2) is 49.2 Å². The van der Waals surface area contributed by atoms with E-state index in [-0.39, 0.29) is 29.6 Å². The van der Waals surface area contributed by atoms with Gasteiger partial charge in [0.25, 0.3) is 0 Å². The van der Waals surface area contributed by atoms with Crippen molar-refractivity contribution in [3.05, 3.63) is 0 Å². The summed E-state index contributed by atoms with van der Waals surface area (Å²) in [7, 11) is -2.46. The Kier molecular flexibility index (Phi) is 16.5. The Morgan fingerprint density at radius 1 is 1.31 bits per heavy atom. The number of hydrogen-bond donors (Lipinski definition) is 3. The van der Waals surface area contributed by atoms with Gasteiger partial charge in [-0.25, -0.2) is 9.25 Å². The molecule has 0 spiro atoms. The molecule has 0 heterocycles. The van der Waals surface area contributed by atoms with Gasteiger partial charge in [-0.2, -0.15) is 11.0 Å². The van der Waals surface area contributed by atoms with Gasteiger partial charge in [-0.3, -0.25) is 4.57 Å². The molecule has 0 aliphatic heterocycles. The van der Waals surface area contributed by atoms with E-state index in [4.69, 9.17) is 5.73 Å². The molecule has 0 bridgehead atoms. The number of nitrogens with two attached hydrogens (primary N) is 1. The first-order chi connectivity index (χ1) is 5.81. The number of hydrogen-bond acceptors (Lipinski definition) is 6. The van der Waals surface area contributed by atoms with Crippen LogP contribution in [0, 0.1) is 0 Å². The van der Waals surface area contributed by atoms with Crippen LogP contribution >= 0.6 is 8.25 Å². The van der Waals surface area contributed by atoms with Crippen molar-refractivity contribution in [2.45, 2.75) is 13.3 Å². The molecule has 1 atom stereocenters. The predicted octanol–water partition coefficient (Wildman–Crippen LogP) is -0.861. The number of rotatable bonds is 8. The zero-order chi connectivity index (χ0) is 9.23. The molecule has 0 saturated heterocycles. The van der Waals surface area contributed by atoms with Crippen molar-refractivity contribution in [1.82, 2.24) is 11.0 Å². The minimum atomic E-state index is -2.46. The van der Waals surface area contributed by atoms with Gasteiger partial charge in [-0.05, 0) is 6.42 Å². The molecule has 0 amide bonds. The van der Waals surface area contributed by atoms with Crippen LogP contribution < -0.4 is 16.7 Å². The second-order valence-corrected chi connectivity index (χ2v) is 2.94. The van der Waals surface area contributed by atoms with E-state index in [1.165, 1.54) is 0 Å². The van der Waals surface area contributed by atoms with Crippen LogP contribution in [0.5, 0.6) is 0 Å². The summed E-state index contributed by atoms with van der Waals surface area (Å²) in [6, 6.07) is 0. The molecule has 0 aliphatic rings. The van der Waals surface area contributed by atoms with Crippen molar-refractivity contribution < 1.29 is 13.8 Å². The van der Waals surface area contributed by atoms with E-state index in [2.05, 4.69) is 20.2 Å². The van der Waals surface area contributed by atoms with E-state index in [9.17, 15) is 4.57 Å². The van der Waals surface area contributed by atoms with E-state index in [0.29, 0.717) is 19.6 Å². The molecular formula is C5H17N3NaO3P. The molecule has 0 aromatic heterocycles. The van der Waals surface area contributed by atoms with Crippen molar-refractivity contribution in [2.24, 2.45) is 5.73 Å². The molecule has 0 aromatic carbocycles. The topological polar surface area (TPSA) is 85.6 Å². The van der Waals surface area contributed by atoms with Gasteiger partial charge in [0.1, 0.15) is 0 Å². The molecule has 76 valence electrons. The fourth-order valence-corrected chi connectivity index (χ4v) is 0.883. The van der Waals surface area contributed by atoms with Crippen molar-refractivity contribution in [3.8, 4) is 0 Å². The van der Waals surface area contributed by atoms with Gasteiger partial charge in [0.05, 0.1) is 0 Å². The van der Waals surface area contributed by atoms with E-state index in [1.54, 1.807) is 0 Å². The molecule has 0 rings (SSSR count). The second-order valence-electron chi connectivity index (χ2n) is 2.03. The molecule has 0 saturated carbocycles. The summed E-state index contributed by atoms with van der Waals surface area (Å²) in [5.74, 6) is 0. The maximum atomic E-state index is 10.8. The van der Waals surface area contributed by atoms with E-state index in [0.717, 1.165) is 6.42 Å². The summed E-state index contributed by atoms with van der Waals surface area (Å²) in [5.41, 5.74) is 10.0. The van der Waals surface area contributed by atoms with Crippen molar-refractivity contribution in [1.29, 1.82) is 0 Å². The van der Waals surface area contributed by atoms with Crippen molar-refractivity contribution in [3.63, 3.8) is 0 Å². The predicted molar refractivity (Wildman–Crippen MR) is 53.7 cm³/mol. The Bertz CT molecular complexity index is 118. The molecular weight excluding hydrogens is 204 g/mol. The normalized spacial score (nSPS) is 12.2. The zero-order valence-corrected chi connectivity index (χ0v) is 8.13. The first-order valence-electron chi connectivity index (χ1n) is 3.84. The van der Waals surface area contributed by atoms with Gasteiger partial charge in [-0.15, -0.1) is 0 Å². The van der Waals surface area contributed by atoms with Gasteiger partial charge >= 0.3 is 37.8 Å². The SMILES string of the molecule is CCCNO[PH](=O)ONCCN.[NaH]. The summed E-state index contributed by atoms with van der Waals surface area (Å²) < 4.78 is 19.9.